The van der Waals surface area contributed by atoms with E-state index in [4.69, 9.17) is 0 Å². The molecule has 0 unspecified atom stereocenters. The molecule has 7 heteroatoms. The molecule has 102 valence electrons. The Morgan fingerprint density at radius 3 is 3.05 bits per heavy atom. The second kappa shape index (κ2) is 5.01. The van der Waals surface area contributed by atoms with Crippen molar-refractivity contribution in [3.63, 3.8) is 0 Å². The molecule has 3 aromatic rings. The van der Waals surface area contributed by atoms with E-state index in [2.05, 4.69) is 15.2 Å². The van der Waals surface area contributed by atoms with Gasteiger partial charge in [-0.1, -0.05) is 6.07 Å². The normalized spacial score (nSPS) is 10.9. The zero-order valence-corrected chi connectivity index (χ0v) is 11.4. The van der Waals surface area contributed by atoms with Crippen LogP contribution in [-0.4, -0.2) is 33.0 Å². The Morgan fingerprint density at radius 2 is 2.35 bits per heavy atom. The third-order valence-electron chi connectivity index (χ3n) is 2.92. The number of hydrogen-bond donors (Lipinski definition) is 1. The Hall–Kier alpha value is -2.28. The molecule has 0 spiro atoms. The van der Waals surface area contributed by atoms with Gasteiger partial charge in [-0.25, -0.2) is 9.37 Å². The van der Waals surface area contributed by atoms with Crippen LogP contribution in [0.25, 0.3) is 10.1 Å². The summed E-state index contributed by atoms with van der Waals surface area (Å²) in [5, 5.41) is 6.91. The molecule has 0 saturated carbocycles. The van der Waals surface area contributed by atoms with Crippen molar-refractivity contribution in [3.05, 3.63) is 47.1 Å². The molecule has 2 heterocycles. The fraction of sp³-hybridized carbons (Fsp3) is 0.154. The molecule has 0 aliphatic rings. The Bertz CT molecular complexity index is 753. The molecule has 1 N–H and O–H groups in total. The molecule has 0 radical (unpaired) electrons. The van der Waals surface area contributed by atoms with Crippen LogP contribution in [0, 0.1) is 5.82 Å². The van der Waals surface area contributed by atoms with Crippen molar-refractivity contribution >= 4 is 27.3 Å². The van der Waals surface area contributed by atoms with Crippen LogP contribution in [0.5, 0.6) is 0 Å². The third-order valence-corrected chi connectivity index (χ3v) is 4.01. The standard InChI is InChI=1S/C13H11FN4OS/c1-18(6-12-15-7-16-17-12)13(19)11-5-8-9(14)3-2-4-10(8)20-11/h2-5,7H,6H2,1H3,(H,15,16,17). The first kappa shape index (κ1) is 12.7. The fourth-order valence-electron chi connectivity index (χ4n) is 1.92. The lowest BCUT2D eigenvalue weighted by Gasteiger charge is -2.13. The van der Waals surface area contributed by atoms with Gasteiger partial charge in [0.05, 0.1) is 11.4 Å². The summed E-state index contributed by atoms with van der Waals surface area (Å²) in [4.78, 5) is 18.3. The smallest absolute Gasteiger partial charge is 0.264 e. The molecule has 2 aromatic heterocycles. The molecule has 0 saturated heterocycles. The predicted octanol–water partition coefficient (Wildman–Crippen LogP) is 2.43. The third kappa shape index (κ3) is 2.27. The Kier molecular flexibility index (Phi) is 3.19. The first-order valence-electron chi connectivity index (χ1n) is 5.93. The highest BCUT2D eigenvalue weighted by atomic mass is 32.1. The van der Waals surface area contributed by atoms with Gasteiger partial charge in [0.1, 0.15) is 18.0 Å². The van der Waals surface area contributed by atoms with Gasteiger partial charge in [0, 0.05) is 17.1 Å². The number of nitrogens with one attached hydrogen (secondary N) is 1. The van der Waals surface area contributed by atoms with Crippen molar-refractivity contribution < 1.29 is 9.18 Å². The summed E-state index contributed by atoms with van der Waals surface area (Å²) in [6, 6.07) is 6.42. The van der Waals surface area contributed by atoms with Crippen molar-refractivity contribution in [3.8, 4) is 0 Å². The highest BCUT2D eigenvalue weighted by Crippen LogP contribution is 2.28. The molecule has 1 aromatic carbocycles. The minimum Gasteiger partial charge on any atom is -0.333 e. The predicted molar refractivity (Wildman–Crippen MR) is 74.0 cm³/mol. The van der Waals surface area contributed by atoms with E-state index in [1.165, 1.54) is 28.6 Å². The summed E-state index contributed by atoms with van der Waals surface area (Å²) in [5.41, 5.74) is 0. The van der Waals surface area contributed by atoms with Crippen molar-refractivity contribution in [2.75, 3.05) is 7.05 Å². The average molecular weight is 290 g/mol. The SMILES string of the molecule is CN(Cc1ncn[nH]1)C(=O)c1cc2c(F)cccc2s1. The second-order valence-corrected chi connectivity index (χ2v) is 5.44. The Balaban J connectivity index is 1.86. The molecule has 1 amide bonds. The van der Waals surface area contributed by atoms with E-state index in [0.29, 0.717) is 22.6 Å². The molecule has 5 nitrogen and oxygen atoms in total. The number of benzene rings is 1. The van der Waals surface area contributed by atoms with Crippen LogP contribution < -0.4 is 0 Å². The van der Waals surface area contributed by atoms with Gasteiger partial charge in [0.2, 0.25) is 0 Å². The zero-order chi connectivity index (χ0) is 14.1. The number of rotatable bonds is 3. The molecule has 0 aliphatic carbocycles. The highest BCUT2D eigenvalue weighted by molar-refractivity contribution is 7.20. The minimum atomic E-state index is -0.310. The summed E-state index contributed by atoms with van der Waals surface area (Å²) in [6.45, 7) is 0.329. The summed E-state index contributed by atoms with van der Waals surface area (Å²) < 4.78 is 14.4. The maximum atomic E-state index is 13.6. The van der Waals surface area contributed by atoms with Gasteiger partial charge in [0.15, 0.2) is 0 Å². The lowest BCUT2D eigenvalue weighted by atomic mass is 10.2. The number of fused-ring (bicyclic) bond motifs is 1. The summed E-state index contributed by atoms with van der Waals surface area (Å²) in [6.07, 6.45) is 1.39. The maximum Gasteiger partial charge on any atom is 0.264 e. The highest BCUT2D eigenvalue weighted by Gasteiger charge is 2.17. The molecule has 0 aliphatic heterocycles. The van der Waals surface area contributed by atoms with Gasteiger partial charge < -0.3 is 4.90 Å². The Morgan fingerprint density at radius 1 is 1.50 bits per heavy atom. The van der Waals surface area contributed by atoms with E-state index in [1.807, 2.05) is 0 Å². The van der Waals surface area contributed by atoms with Crippen LogP contribution in [0.1, 0.15) is 15.5 Å². The number of carbonyl (C=O) groups excluding carboxylic acids is 1. The van der Waals surface area contributed by atoms with Crippen LogP contribution in [-0.2, 0) is 6.54 Å². The minimum absolute atomic E-state index is 0.165. The molecule has 0 fully saturated rings. The lowest BCUT2D eigenvalue weighted by molar-refractivity contribution is 0.0786. The van der Waals surface area contributed by atoms with E-state index < -0.39 is 0 Å². The molecule has 0 atom stereocenters. The fourth-order valence-corrected chi connectivity index (χ4v) is 2.99. The van der Waals surface area contributed by atoms with Crippen LogP contribution >= 0.6 is 11.3 Å². The Labute approximate surface area is 118 Å². The van der Waals surface area contributed by atoms with Gasteiger partial charge in [-0.15, -0.1) is 11.3 Å². The van der Waals surface area contributed by atoms with Gasteiger partial charge in [-0.2, -0.15) is 5.10 Å². The molecular weight excluding hydrogens is 279 g/mol. The number of aromatic nitrogens is 3. The maximum absolute atomic E-state index is 13.6. The number of halogens is 1. The van der Waals surface area contributed by atoms with Gasteiger partial charge >= 0.3 is 0 Å². The summed E-state index contributed by atoms with van der Waals surface area (Å²) in [7, 11) is 1.67. The average Bonchev–Trinajstić information content (AvgIpc) is 3.07. The lowest BCUT2D eigenvalue weighted by Crippen LogP contribution is -2.25. The van der Waals surface area contributed by atoms with Crippen LogP contribution in [0.15, 0.2) is 30.6 Å². The number of hydrogen-bond acceptors (Lipinski definition) is 4. The van der Waals surface area contributed by atoms with Crippen LogP contribution in [0.3, 0.4) is 0 Å². The number of aromatic amines is 1. The van der Waals surface area contributed by atoms with Crippen LogP contribution in [0.4, 0.5) is 4.39 Å². The van der Waals surface area contributed by atoms with E-state index >= 15 is 0 Å². The number of carbonyl (C=O) groups is 1. The number of H-pyrrole nitrogens is 1. The van der Waals surface area contributed by atoms with Crippen molar-refractivity contribution in [2.45, 2.75) is 6.54 Å². The molecule has 0 bridgehead atoms. The number of thiophene rings is 1. The van der Waals surface area contributed by atoms with Crippen molar-refractivity contribution in [1.29, 1.82) is 0 Å². The van der Waals surface area contributed by atoms with Crippen LogP contribution in [0.2, 0.25) is 0 Å². The number of amides is 1. The van der Waals surface area contributed by atoms with Gasteiger partial charge in [-0.05, 0) is 18.2 Å². The zero-order valence-electron chi connectivity index (χ0n) is 10.6. The van der Waals surface area contributed by atoms with E-state index in [1.54, 1.807) is 25.2 Å². The van der Waals surface area contributed by atoms with Crippen molar-refractivity contribution in [2.24, 2.45) is 0 Å². The van der Waals surface area contributed by atoms with E-state index in [0.717, 1.165) is 4.70 Å². The van der Waals surface area contributed by atoms with E-state index in [9.17, 15) is 9.18 Å². The monoisotopic (exact) mass is 290 g/mol. The summed E-state index contributed by atoms with van der Waals surface area (Å²) in [5.74, 6) is 0.130. The largest absolute Gasteiger partial charge is 0.333 e. The first-order valence-corrected chi connectivity index (χ1v) is 6.74. The quantitative estimate of drug-likeness (QED) is 0.806. The topological polar surface area (TPSA) is 61.9 Å². The molecule has 20 heavy (non-hydrogen) atoms. The van der Waals surface area contributed by atoms with E-state index in [-0.39, 0.29) is 11.7 Å². The first-order chi connectivity index (χ1) is 9.65. The second-order valence-electron chi connectivity index (χ2n) is 4.36. The molecule has 3 rings (SSSR count). The van der Waals surface area contributed by atoms with Gasteiger partial charge in [-0.3, -0.25) is 9.89 Å². The summed E-state index contributed by atoms with van der Waals surface area (Å²) >= 11 is 1.28. The number of nitrogens with zero attached hydrogens (tertiary/aromatic N) is 3. The van der Waals surface area contributed by atoms with Gasteiger partial charge in [0.25, 0.3) is 5.91 Å². The van der Waals surface area contributed by atoms with Crippen molar-refractivity contribution in [1.82, 2.24) is 20.1 Å². The molecular formula is C13H11FN4OS.